The van der Waals surface area contributed by atoms with Crippen LogP contribution in [-0.4, -0.2) is 29.4 Å². The number of carbonyl (C=O) groups excluding carboxylic acids is 2. The van der Waals surface area contributed by atoms with Crippen LogP contribution in [0.5, 0.6) is 0 Å². The Morgan fingerprint density at radius 2 is 1.88 bits per heavy atom. The predicted octanol–water partition coefficient (Wildman–Crippen LogP) is 5.60. The number of aryl methyl sites for hydroxylation is 1. The van der Waals surface area contributed by atoms with Crippen molar-refractivity contribution in [3.05, 3.63) is 70.9 Å². The lowest BCUT2D eigenvalue weighted by Crippen LogP contribution is -2.43. The zero-order valence-electron chi connectivity index (χ0n) is 18.3. The van der Waals surface area contributed by atoms with Crippen molar-refractivity contribution in [2.24, 2.45) is 0 Å². The van der Waals surface area contributed by atoms with Gasteiger partial charge < -0.3 is 5.32 Å². The van der Waals surface area contributed by atoms with E-state index in [1.54, 1.807) is 18.2 Å². The molecule has 168 valence electrons. The van der Waals surface area contributed by atoms with E-state index in [1.165, 1.54) is 28.4 Å². The van der Waals surface area contributed by atoms with E-state index in [1.807, 2.05) is 31.2 Å². The molecule has 0 aliphatic heterocycles. The summed E-state index contributed by atoms with van der Waals surface area (Å²) >= 11 is 1.29. The third-order valence-corrected chi connectivity index (χ3v) is 7.16. The highest BCUT2D eigenvalue weighted by Gasteiger charge is 2.25. The van der Waals surface area contributed by atoms with Crippen LogP contribution in [-0.2, 0) is 4.79 Å². The summed E-state index contributed by atoms with van der Waals surface area (Å²) in [6.45, 7) is 1.84. The molecule has 5 rings (SSSR count). The number of nitrogens with zero attached hydrogens (tertiary/aromatic N) is 2. The molecule has 2 aromatic carbocycles. The number of thiophene rings is 1. The number of anilines is 1. The molecule has 0 bridgehead atoms. The molecule has 0 unspecified atom stereocenters. The van der Waals surface area contributed by atoms with Crippen LogP contribution in [0.3, 0.4) is 0 Å². The topological polar surface area (TPSA) is 62.3 Å². The Balaban J connectivity index is 1.49. The van der Waals surface area contributed by atoms with Crippen molar-refractivity contribution in [3.8, 4) is 0 Å². The summed E-state index contributed by atoms with van der Waals surface area (Å²) in [4.78, 5) is 33.7. The molecule has 0 radical (unpaired) electrons. The Labute approximate surface area is 195 Å². The van der Waals surface area contributed by atoms with Gasteiger partial charge in [-0.3, -0.25) is 14.5 Å². The van der Waals surface area contributed by atoms with Crippen molar-refractivity contribution < 1.29 is 14.0 Å². The molecule has 0 spiro atoms. The molecule has 5 nitrogen and oxygen atoms in total. The van der Waals surface area contributed by atoms with E-state index in [2.05, 4.69) is 5.32 Å². The van der Waals surface area contributed by atoms with Crippen LogP contribution in [0.15, 0.2) is 54.6 Å². The Kier molecular flexibility index (Phi) is 5.81. The Bertz CT molecular complexity index is 1360. The zero-order valence-corrected chi connectivity index (χ0v) is 19.1. The molecular weight excluding hydrogens is 437 g/mol. The Morgan fingerprint density at radius 1 is 1.09 bits per heavy atom. The number of benzene rings is 2. The molecule has 4 aromatic rings. The molecule has 33 heavy (non-hydrogen) atoms. The van der Waals surface area contributed by atoms with Gasteiger partial charge in [0.2, 0.25) is 5.91 Å². The summed E-state index contributed by atoms with van der Waals surface area (Å²) in [5.41, 5.74) is 2.33. The Hall–Kier alpha value is -3.32. The molecule has 1 aliphatic carbocycles. The van der Waals surface area contributed by atoms with Gasteiger partial charge in [-0.15, -0.1) is 11.3 Å². The fraction of sp³-hybridized carbons (Fsp3) is 0.269. The monoisotopic (exact) mass is 461 g/mol. The highest BCUT2D eigenvalue weighted by atomic mass is 32.1. The molecule has 2 aromatic heterocycles. The average molecular weight is 462 g/mol. The quantitative estimate of drug-likeness (QED) is 0.421. The lowest BCUT2D eigenvalue weighted by Gasteiger charge is -2.23. The molecular formula is C26H24FN3O2S. The number of carbonyl (C=O) groups is 2. The number of para-hydroxylation sites is 1. The summed E-state index contributed by atoms with van der Waals surface area (Å²) in [7, 11) is 0. The first-order valence-corrected chi connectivity index (χ1v) is 12.0. The van der Waals surface area contributed by atoms with Gasteiger partial charge in [-0.05, 0) is 55.7 Å². The van der Waals surface area contributed by atoms with E-state index in [9.17, 15) is 14.0 Å². The molecule has 2 amide bonds. The minimum Gasteiger partial charge on any atom is -0.352 e. The highest BCUT2D eigenvalue weighted by molar-refractivity contribution is 7.20. The molecule has 0 saturated heterocycles. The lowest BCUT2D eigenvalue weighted by atomic mass is 10.1. The number of halogens is 1. The van der Waals surface area contributed by atoms with Crippen LogP contribution >= 0.6 is 11.3 Å². The van der Waals surface area contributed by atoms with Gasteiger partial charge in [0.1, 0.15) is 17.2 Å². The maximum Gasteiger partial charge on any atom is 0.268 e. The van der Waals surface area contributed by atoms with Gasteiger partial charge in [0.25, 0.3) is 5.91 Å². The number of amides is 2. The molecule has 1 fully saturated rings. The summed E-state index contributed by atoms with van der Waals surface area (Å²) in [5.74, 6) is -1.03. The number of rotatable bonds is 5. The molecule has 1 aliphatic rings. The number of fused-ring (bicyclic) bond motifs is 2. The van der Waals surface area contributed by atoms with Crippen LogP contribution in [0.1, 0.15) is 40.9 Å². The van der Waals surface area contributed by atoms with Gasteiger partial charge in [-0.25, -0.2) is 9.37 Å². The SMILES string of the molecule is Cc1cccc2cc3cc(C(=O)N(CC(=O)NC4CCCC4)c4cccc(F)c4)sc3nc12. The van der Waals surface area contributed by atoms with Gasteiger partial charge >= 0.3 is 0 Å². The predicted molar refractivity (Wildman–Crippen MR) is 130 cm³/mol. The number of nitrogens with one attached hydrogen (secondary N) is 1. The first-order chi connectivity index (χ1) is 16.0. The van der Waals surface area contributed by atoms with E-state index in [4.69, 9.17) is 4.98 Å². The maximum atomic E-state index is 14.0. The maximum absolute atomic E-state index is 14.0. The third kappa shape index (κ3) is 4.46. The highest BCUT2D eigenvalue weighted by Crippen LogP contribution is 2.30. The molecule has 1 saturated carbocycles. The van der Waals surface area contributed by atoms with Crippen molar-refractivity contribution >= 4 is 50.0 Å². The van der Waals surface area contributed by atoms with Gasteiger partial charge in [0.15, 0.2) is 0 Å². The van der Waals surface area contributed by atoms with Crippen molar-refractivity contribution in [3.63, 3.8) is 0 Å². The largest absolute Gasteiger partial charge is 0.352 e. The summed E-state index contributed by atoms with van der Waals surface area (Å²) < 4.78 is 14.0. The molecule has 2 heterocycles. The second-order valence-corrected chi connectivity index (χ2v) is 9.59. The van der Waals surface area contributed by atoms with Crippen molar-refractivity contribution in [2.45, 2.75) is 38.6 Å². The van der Waals surface area contributed by atoms with E-state index in [0.717, 1.165) is 52.4 Å². The van der Waals surface area contributed by atoms with Crippen LogP contribution in [0, 0.1) is 12.7 Å². The van der Waals surface area contributed by atoms with Crippen LogP contribution in [0.4, 0.5) is 10.1 Å². The minimum atomic E-state index is -0.457. The standard InChI is InChI=1S/C26H24FN3O2S/c1-16-6-4-7-17-12-18-13-22(33-25(18)29-24(16)17)26(32)30(21-11-5-8-19(27)14-21)15-23(31)28-20-9-2-3-10-20/h4-8,11-14,20H,2-3,9-10,15H2,1H3,(H,28,31). The number of hydrogen-bond donors (Lipinski definition) is 1. The fourth-order valence-corrected chi connectivity index (χ4v) is 5.42. The number of aromatic nitrogens is 1. The van der Waals surface area contributed by atoms with Crippen molar-refractivity contribution in [2.75, 3.05) is 11.4 Å². The van der Waals surface area contributed by atoms with E-state index < -0.39 is 5.82 Å². The van der Waals surface area contributed by atoms with E-state index >= 15 is 0 Å². The van der Waals surface area contributed by atoms with Gasteiger partial charge in [0.05, 0.1) is 10.4 Å². The van der Waals surface area contributed by atoms with Crippen LogP contribution in [0.2, 0.25) is 0 Å². The lowest BCUT2D eigenvalue weighted by molar-refractivity contribution is -0.120. The van der Waals surface area contributed by atoms with E-state index in [0.29, 0.717) is 10.6 Å². The van der Waals surface area contributed by atoms with E-state index in [-0.39, 0.29) is 24.4 Å². The minimum absolute atomic E-state index is 0.145. The van der Waals surface area contributed by atoms with Crippen molar-refractivity contribution in [1.29, 1.82) is 0 Å². The summed E-state index contributed by atoms with van der Waals surface area (Å²) in [6, 6.07) is 15.8. The third-order valence-electron chi connectivity index (χ3n) is 6.13. The van der Waals surface area contributed by atoms with Crippen molar-refractivity contribution in [1.82, 2.24) is 10.3 Å². The number of pyridine rings is 1. The normalized spacial score (nSPS) is 14.1. The molecule has 7 heteroatoms. The molecule has 1 N–H and O–H groups in total. The molecule has 0 atom stereocenters. The number of hydrogen-bond acceptors (Lipinski definition) is 4. The fourth-order valence-electron chi connectivity index (χ4n) is 4.46. The second kappa shape index (κ2) is 8.90. The second-order valence-electron chi connectivity index (χ2n) is 8.56. The smallest absolute Gasteiger partial charge is 0.268 e. The summed E-state index contributed by atoms with van der Waals surface area (Å²) in [5, 5.41) is 4.90. The summed E-state index contributed by atoms with van der Waals surface area (Å²) in [6.07, 6.45) is 4.10. The average Bonchev–Trinajstić information content (AvgIpc) is 3.45. The van der Waals surface area contributed by atoms with Crippen LogP contribution in [0.25, 0.3) is 21.1 Å². The first-order valence-electron chi connectivity index (χ1n) is 11.1. The first kappa shape index (κ1) is 21.5. The zero-order chi connectivity index (χ0) is 22.9. The van der Waals surface area contributed by atoms with Crippen LogP contribution < -0.4 is 10.2 Å². The van der Waals surface area contributed by atoms with Gasteiger partial charge in [-0.1, -0.05) is 37.1 Å². The Morgan fingerprint density at radius 3 is 2.67 bits per heavy atom. The van der Waals surface area contributed by atoms with Gasteiger partial charge in [-0.2, -0.15) is 0 Å². The van der Waals surface area contributed by atoms with Gasteiger partial charge in [0, 0.05) is 22.5 Å².